The van der Waals surface area contributed by atoms with Crippen LogP contribution in [0, 0.1) is 34.5 Å². The third-order valence-corrected chi connectivity index (χ3v) is 20.0. The van der Waals surface area contributed by atoms with E-state index in [4.69, 9.17) is 33.1 Å². The molecule has 5 amide bonds. The molecule has 1 aromatic carbocycles. The molecule has 2 aromatic rings. The number of thioether (sulfide) groups is 1. The van der Waals surface area contributed by atoms with Crippen LogP contribution in [0.2, 0.25) is 0 Å². The summed E-state index contributed by atoms with van der Waals surface area (Å²) in [5, 5.41) is 36.5. The van der Waals surface area contributed by atoms with Gasteiger partial charge >= 0.3 is 18.0 Å². The van der Waals surface area contributed by atoms with Crippen LogP contribution < -0.4 is 26.2 Å². The van der Waals surface area contributed by atoms with Gasteiger partial charge in [-0.25, -0.2) is 14.6 Å². The molecular formula is C57H80N6O14S. The molecule has 4 saturated carbocycles. The Bertz CT molecular complexity index is 2500. The van der Waals surface area contributed by atoms with Crippen LogP contribution in [-0.2, 0) is 54.1 Å². The number of cyclic esters (lactones) is 1. The lowest BCUT2D eigenvalue weighted by atomic mass is 9.42. The predicted octanol–water partition coefficient (Wildman–Crippen LogP) is 4.77. The number of rotatable bonds is 26. The fourth-order valence-corrected chi connectivity index (χ4v) is 16.1. The van der Waals surface area contributed by atoms with Crippen molar-refractivity contribution in [1.29, 1.82) is 0 Å². The molecular weight excluding hydrogens is 1020 g/mol. The van der Waals surface area contributed by atoms with Gasteiger partial charge in [-0.15, -0.1) is 0 Å². The summed E-state index contributed by atoms with van der Waals surface area (Å²) >= 11 is 1.81. The molecule has 4 heterocycles. The van der Waals surface area contributed by atoms with Crippen LogP contribution in [0.5, 0.6) is 0 Å². The highest BCUT2D eigenvalue weighted by Crippen LogP contribution is 2.70. The molecule has 4 aliphatic carbocycles. The fraction of sp³-hybridized carbons (Fsp3) is 0.702. The molecule has 20 nitrogen and oxygen atoms in total. The minimum Gasteiger partial charge on any atom is -0.466 e. The van der Waals surface area contributed by atoms with Crippen molar-refractivity contribution in [2.45, 2.75) is 146 Å². The molecule has 21 heteroatoms. The van der Waals surface area contributed by atoms with E-state index >= 15 is 0 Å². The number of nitrogens with zero attached hydrogens (tertiary/aromatic N) is 2. The van der Waals surface area contributed by atoms with E-state index in [-0.39, 0.29) is 128 Å². The van der Waals surface area contributed by atoms with Crippen molar-refractivity contribution in [2.24, 2.45) is 34.5 Å². The number of ether oxygens (including phenoxy) is 5. The summed E-state index contributed by atoms with van der Waals surface area (Å²) in [5.74, 6) is 0.568. The van der Waals surface area contributed by atoms with Gasteiger partial charge in [-0.1, -0.05) is 50.6 Å². The van der Waals surface area contributed by atoms with Crippen molar-refractivity contribution in [3.05, 3.63) is 47.9 Å². The Hall–Kier alpha value is -5.06. The lowest BCUT2D eigenvalue weighted by molar-refractivity contribution is -0.243. The Labute approximate surface area is 460 Å². The van der Waals surface area contributed by atoms with Gasteiger partial charge in [0.15, 0.2) is 5.89 Å². The van der Waals surface area contributed by atoms with Crippen LogP contribution in [0.1, 0.15) is 110 Å². The molecule has 2 saturated heterocycles. The van der Waals surface area contributed by atoms with Crippen LogP contribution in [0.3, 0.4) is 0 Å². The lowest BCUT2D eigenvalue weighted by Crippen LogP contribution is -2.67. The molecule has 1 aromatic heterocycles. The van der Waals surface area contributed by atoms with Crippen LogP contribution in [0.4, 0.5) is 10.7 Å². The maximum atomic E-state index is 13.5. The smallest absolute Gasteiger partial charge is 0.331 e. The van der Waals surface area contributed by atoms with Gasteiger partial charge in [-0.3, -0.25) is 24.1 Å². The summed E-state index contributed by atoms with van der Waals surface area (Å²) in [6.07, 6.45) is 10.2. The minimum atomic E-state index is -1.03. The quantitative estimate of drug-likeness (QED) is 0.0421. The third-order valence-electron chi connectivity index (χ3n) is 18.5. The fourth-order valence-electron chi connectivity index (χ4n) is 14.5. The second-order valence-corrected chi connectivity index (χ2v) is 24.1. The van der Waals surface area contributed by atoms with Crippen molar-refractivity contribution in [3.8, 4) is 11.3 Å². The maximum absolute atomic E-state index is 13.5. The van der Waals surface area contributed by atoms with Gasteiger partial charge in [-0.2, -0.15) is 11.8 Å². The predicted molar refractivity (Wildman–Crippen MR) is 288 cm³/mol. The number of unbranched alkanes of at least 4 members (excludes halogenated alkanes) is 1. The number of aromatic nitrogens is 1. The van der Waals surface area contributed by atoms with Crippen molar-refractivity contribution >= 4 is 53.3 Å². The maximum Gasteiger partial charge on any atom is 0.331 e. The van der Waals surface area contributed by atoms with E-state index < -0.39 is 17.1 Å². The number of aliphatic hydroxyl groups excluding tert-OH is 1. The highest BCUT2D eigenvalue weighted by Gasteiger charge is 2.71. The number of anilines is 1. The number of hydrogen-bond acceptors (Lipinski definition) is 16. The first-order valence-electron chi connectivity index (χ1n) is 28.4. The number of esters is 2. The SMILES string of the molecule is CCOC(=O)CCc1nc(-c2ccccc2)c(N2C(=O)NC3C(CCCCC(=O)NCCOCCOCCNC(=O)COCC(=O)NC4CCC5(C)C(CCC6C5CC(O)C5(C)C(C7=CC(=O)OC7)CCC65O)C4)SCC32)o1. The standard InChI is InChI=1S/C57H80N6O14S/c1-4-75-49(68)17-16-48-61-51(35-10-6-5-7-11-35)53(77-48)63-42-34-78-43(52(42)62-54(63)70)12-8-9-13-45(65)58-22-24-72-26-27-73-25-23-59-46(66)32-74-33-47(67)60-38-18-20-55(2)37(29-38)14-15-40-41(55)30-44(64)56(3)39(19-21-57(40,56)71)36-28-50(69)76-31-36/h5-7,10-11,28,37-44,52,64,71H,4,8-9,12-27,29-34H2,1-3H3,(H,58,65)(H,59,66)(H,60,67)(H,62,70). The number of aryl methyl sites for hydroxylation is 1. The van der Waals surface area contributed by atoms with Gasteiger partial charge in [0.1, 0.15) is 25.5 Å². The zero-order valence-electron chi connectivity index (χ0n) is 45.4. The summed E-state index contributed by atoms with van der Waals surface area (Å²) in [7, 11) is 0. The van der Waals surface area contributed by atoms with E-state index in [1.807, 2.05) is 49.0 Å². The van der Waals surface area contributed by atoms with E-state index in [2.05, 4.69) is 28.2 Å². The van der Waals surface area contributed by atoms with Crippen molar-refractivity contribution in [3.63, 3.8) is 0 Å². The van der Waals surface area contributed by atoms with Gasteiger partial charge in [0.05, 0.1) is 63.2 Å². The molecule has 9 rings (SSSR count). The number of aliphatic hydroxyl groups is 2. The van der Waals surface area contributed by atoms with Crippen LogP contribution in [0.15, 0.2) is 46.4 Å². The van der Waals surface area contributed by atoms with Crippen molar-refractivity contribution in [1.82, 2.24) is 26.3 Å². The number of urea groups is 1. The second-order valence-electron chi connectivity index (χ2n) is 22.8. The highest BCUT2D eigenvalue weighted by atomic mass is 32.2. The summed E-state index contributed by atoms with van der Waals surface area (Å²) in [5.41, 5.74) is 0.407. The van der Waals surface area contributed by atoms with Gasteiger partial charge in [0.25, 0.3) is 0 Å². The van der Waals surface area contributed by atoms with E-state index in [0.717, 1.165) is 68.3 Å². The number of amides is 5. The zero-order chi connectivity index (χ0) is 55.0. The van der Waals surface area contributed by atoms with Gasteiger partial charge in [0, 0.05) is 60.0 Å². The first-order valence-corrected chi connectivity index (χ1v) is 29.4. The van der Waals surface area contributed by atoms with Crippen LogP contribution in [-0.4, -0.2) is 158 Å². The monoisotopic (exact) mass is 1100 g/mol. The van der Waals surface area contributed by atoms with E-state index in [1.54, 1.807) is 17.9 Å². The Morgan fingerprint density at radius 2 is 1.64 bits per heavy atom. The second kappa shape index (κ2) is 25.6. The van der Waals surface area contributed by atoms with E-state index in [9.17, 15) is 39.0 Å². The molecule has 0 radical (unpaired) electrons. The molecule has 12 unspecified atom stereocenters. The average molecular weight is 1110 g/mol. The summed E-state index contributed by atoms with van der Waals surface area (Å²) < 4.78 is 33.1. The summed E-state index contributed by atoms with van der Waals surface area (Å²) in [6, 6.07) is 9.07. The molecule has 0 spiro atoms. The van der Waals surface area contributed by atoms with Crippen LogP contribution in [0.25, 0.3) is 11.3 Å². The molecule has 6 N–H and O–H groups in total. The largest absolute Gasteiger partial charge is 0.466 e. The highest BCUT2D eigenvalue weighted by molar-refractivity contribution is 8.00. The first kappa shape index (κ1) is 57.6. The van der Waals surface area contributed by atoms with E-state index in [0.29, 0.717) is 82.0 Å². The van der Waals surface area contributed by atoms with Crippen molar-refractivity contribution in [2.75, 3.05) is 76.6 Å². The minimum absolute atomic E-state index is 0.0160. The topological polar surface area (TPSA) is 266 Å². The lowest BCUT2D eigenvalue weighted by Gasteiger charge is -2.65. The first-order chi connectivity index (χ1) is 37.6. The Morgan fingerprint density at radius 1 is 0.885 bits per heavy atom. The third kappa shape index (κ3) is 12.5. The van der Waals surface area contributed by atoms with Gasteiger partial charge in [0.2, 0.25) is 23.6 Å². The Kier molecular flexibility index (Phi) is 18.9. The average Bonchev–Trinajstić information content (AvgIpc) is 3.82. The molecule has 12 atom stereocenters. The molecule has 428 valence electrons. The number of oxazole rings is 1. The van der Waals surface area contributed by atoms with E-state index in [1.165, 1.54) is 0 Å². The molecule has 3 aliphatic heterocycles. The van der Waals surface area contributed by atoms with Gasteiger partial charge < -0.3 is 59.6 Å². The number of fused-ring (bicyclic) bond motifs is 6. The molecule has 6 fully saturated rings. The molecule has 7 aliphatic rings. The molecule has 0 bridgehead atoms. The van der Waals surface area contributed by atoms with Gasteiger partial charge in [-0.05, 0) is 106 Å². The number of benzene rings is 1. The van der Waals surface area contributed by atoms with Crippen LogP contribution >= 0.6 is 11.8 Å². The number of nitrogens with one attached hydrogen (secondary N) is 4. The number of carbonyl (C=O) groups excluding carboxylic acids is 6. The summed E-state index contributed by atoms with van der Waals surface area (Å²) in [4.78, 5) is 81.7. The number of hydrogen-bond donors (Lipinski definition) is 6. The molecule has 78 heavy (non-hydrogen) atoms. The zero-order valence-corrected chi connectivity index (χ0v) is 46.3. The Balaban J connectivity index is 0.581. The summed E-state index contributed by atoms with van der Waals surface area (Å²) in [6.45, 7) is 8.02. The Morgan fingerprint density at radius 3 is 2.38 bits per heavy atom. The number of carbonyl (C=O) groups is 6. The normalized spacial score (nSPS) is 31.8. The van der Waals surface area contributed by atoms with Crippen molar-refractivity contribution < 1.29 is 67.1 Å².